The smallest absolute Gasteiger partial charge is 0.232 e. The Morgan fingerprint density at radius 2 is 1.83 bits per heavy atom. The molecule has 1 aromatic rings. The summed E-state index contributed by atoms with van der Waals surface area (Å²) in [6, 6.07) is 7.03. The molecule has 0 saturated heterocycles. The van der Waals surface area contributed by atoms with Crippen LogP contribution in [0.15, 0.2) is 24.3 Å². The standard InChI is InChI=1S/C13H22N2O2S/c1-10(2)8-9-18(16,17)15-13-7-5-4-6-12(13)11(3)14/h4-7,10-11,15H,8-9,14H2,1-3H3. The fraction of sp³-hybridized carbons (Fsp3) is 0.538. The average Bonchev–Trinajstić information content (AvgIpc) is 2.26. The lowest BCUT2D eigenvalue weighted by Gasteiger charge is -2.15. The molecule has 0 bridgehead atoms. The normalized spacial score (nSPS) is 13.6. The van der Waals surface area contributed by atoms with E-state index in [1.807, 2.05) is 32.9 Å². The zero-order valence-corrected chi connectivity index (χ0v) is 12.0. The highest BCUT2D eigenvalue weighted by Gasteiger charge is 2.14. The third-order valence-corrected chi connectivity index (χ3v) is 3.98. The SMILES string of the molecule is CC(C)CCS(=O)(=O)Nc1ccccc1C(C)N. The first-order chi connectivity index (χ1) is 8.32. The number of para-hydroxylation sites is 1. The molecule has 1 unspecified atom stereocenters. The van der Waals surface area contributed by atoms with E-state index >= 15 is 0 Å². The second-order valence-electron chi connectivity index (χ2n) is 4.98. The zero-order valence-electron chi connectivity index (χ0n) is 11.2. The molecule has 1 rings (SSSR count). The van der Waals surface area contributed by atoms with Crippen LogP contribution in [0.4, 0.5) is 5.69 Å². The van der Waals surface area contributed by atoms with Gasteiger partial charge in [0.2, 0.25) is 10.0 Å². The Balaban J connectivity index is 2.84. The first-order valence-corrected chi connectivity index (χ1v) is 7.82. The van der Waals surface area contributed by atoms with E-state index in [1.165, 1.54) is 0 Å². The van der Waals surface area contributed by atoms with Crippen molar-refractivity contribution in [1.29, 1.82) is 0 Å². The van der Waals surface area contributed by atoms with Gasteiger partial charge in [0.1, 0.15) is 0 Å². The van der Waals surface area contributed by atoms with E-state index in [-0.39, 0.29) is 11.8 Å². The fourth-order valence-corrected chi connectivity index (χ4v) is 3.00. The summed E-state index contributed by atoms with van der Waals surface area (Å²) >= 11 is 0. The predicted octanol–water partition coefficient (Wildman–Crippen LogP) is 2.49. The molecule has 5 heteroatoms. The number of sulfonamides is 1. The lowest BCUT2D eigenvalue weighted by molar-refractivity contribution is 0.578. The molecule has 102 valence electrons. The average molecular weight is 270 g/mol. The molecule has 1 aromatic carbocycles. The molecule has 0 fully saturated rings. The van der Waals surface area contributed by atoms with Gasteiger partial charge in [-0.3, -0.25) is 4.72 Å². The summed E-state index contributed by atoms with van der Waals surface area (Å²) in [4.78, 5) is 0. The van der Waals surface area contributed by atoms with Gasteiger partial charge in [-0.05, 0) is 30.9 Å². The maximum absolute atomic E-state index is 11.9. The van der Waals surface area contributed by atoms with Gasteiger partial charge < -0.3 is 5.73 Å². The van der Waals surface area contributed by atoms with E-state index in [4.69, 9.17) is 5.73 Å². The molecule has 4 nitrogen and oxygen atoms in total. The minimum Gasteiger partial charge on any atom is -0.324 e. The van der Waals surface area contributed by atoms with Crippen LogP contribution in [0.3, 0.4) is 0 Å². The number of hydrogen-bond donors (Lipinski definition) is 2. The lowest BCUT2D eigenvalue weighted by atomic mass is 10.1. The Morgan fingerprint density at radius 1 is 1.22 bits per heavy atom. The number of rotatable bonds is 6. The van der Waals surface area contributed by atoms with Crippen molar-refractivity contribution in [3.8, 4) is 0 Å². The molecule has 0 spiro atoms. The largest absolute Gasteiger partial charge is 0.324 e. The number of benzene rings is 1. The van der Waals surface area contributed by atoms with Crippen molar-refractivity contribution < 1.29 is 8.42 Å². The first kappa shape index (κ1) is 15.0. The van der Waals surface area contributed by atoms with Gasteiger partial charge in [-0.15, -0.1) is 0 Å². The number of anilines is 1. The summed E-state index contributed by atoms with van der Waals surface area (Å²) in [7, 11) is -3.29. The number of hydrogen-bond acceptors (Lipinski definition) is 3. The van der Waals surface area contributed by atoms with Gasteiger partial charge in [0.05, 0.1) is 11.4 Å². The molecule has 0 saturated carbocycles. The van der Waals surface area contributed by atoms with Crippen LogP contribution in [0.2, 0.25) is 0 Å². The summed E-state index contributed by atoms with van der Waals surface area (Å²) in [5, 5.41) is 0. The molecule has 0 heterocycles. The van der Waals surface area contributed by atoms with Crippen LogP contribution in [0.5, 0.6) is 0 Å². The molecule has 0 aliphatic rings. The Labute approximate surface area is 110 Å². The van der Waals surface area contributed by atoms with E-state index in [9.17, 15) is 8.42 Å². The van der Waals surface area contributed by atoms with E-state index in [0.29, 0.717) is 18.0 Å². The Bertz CT molecular complexity index is 482. The van der Waals surface area contributed by atoms with Crippen LogP contribution >= 0.6 is 0 Å². The van der Waals surface area contributed by atoms with Gasteiger partial charge in [-0.25, -0.2) is 8.42 Å². The minimum absolute atomic E-state index is 0.137. The number of nitrogens with one attached hydrogen (secondary N) is 1. The van der Waals surface area contributed by atoms with Crippen molar-refractivity contribution in [2.45, 2.75) is 33.2 Å². The van der Waals surface area contributed by atoms with Crippen LogP contribution < -0.4 is 10.5 Å². The van der Waals surface area contributed by atoms with Gasteiger partial charge in [0.25, 0.3) is 0 Å². The lowest BCUT2D eigenvalue weighted by Crippen LogP contribution is -2.20. The summed E-state index contributed by atoms with van der Waals surface area (Å²) in [5.74, 6) is 0.503. The van der Waals surface area contributed by atoms with Crippen LogP contribution in [-0.4, -0.2) is 14.2 Å². The summed E-state index contributed by atoms with van der Waals surface area (Å²) < 4.78 is 26.5. The second-order valence-corrected chi connectivity index (χ2v) is 6.82. The second kappa shape index (κ2) is 6.20. The van der Waals surface area contributed by atoms with E-state index in [0.717, 1.165) is 5.56 Å². The van der Waals surface area contributed by atoms with Crippen LogP contribution in [0.1, 0.15) is 38.8 Å². The van der Waals surface area contributed by atoms with Crippen molar-refractivity contribution in [2.24, 2.45) is 11.7 Å². The molecule has 3 N–H and O–H groups in total. The van der Waals surface area contributed by atoms with Gasteiger partial charge in [-0.1, -0.05) is 32.0 Å². The van der Waals surface area contributed by atoms with Crippen molar-refractivity contribution in [3.05, 3.63) is 29.8 Å². The molecule has 0 aliphatic carbocycles. The quantitative estimate of drug-likeness (QED) is 0.834. The monoisotopic (exact) mass is 270 g/mol. The molecule has 0 amide bonds. The first-order valence-electron chi connectivity index (χ1n) is 6.17. The zero-order chi connectivity index (χ0) is 13.8. The van der Waals surface area contributed by atoms with Crippen molar-refractivity contribution >= 4 is 15.7 Å². The van der Waals surface area contributed by atoms with E-state index in [1.54, 1.807) is 12.1 Å². The topological polar surface area (TPSA) is 72.2 Å². The van der Waals surface area contributed by atoms with Gasteiger partial charge in [-0.2, -0.15) is 0 Å². The van der Waals surface area contributed by atoms with E-state index < -0.39 is 10.0 Å². The Morgan fingerprint density at radius 3 is 2.39 bits per heavy atom. The highest BCUT2D eigenvalue weighted by molar-refractivity contribution is 7.92. The Kier molecular flexibility index (Phi) is 5.16. The van der Waals surface area contributed by atoms with Crippen molar-refractivity contribution in [1.82, 2.24) is 0 Å². The van der Waals surface area contributed by atoms with Crippen LogP contribution in [-0.2, 0) is 10.0 Å². The Hall–Kier alpha value is -1.07. The van der Waals surface area contributed by atoms with Crippen molar-refractivity contribution in [3.63, 3.8) is 0 Å². The third-order valence-electron chi connectivity index (χ3n) is 2.68. The van der Waals surface area contributed by atoms with Gasteiger partial charge in [0, 0.05) is 6.04 Å². The van der Waals surface area contributed by atoms with Crippen LogP contribution in [0.25, 0.3) is 0 Å². The molecule has 0 aliphatic heterocycles. The van der Waals surface area contributed by atoms with Gasteiger partial charge >= 0.3 is 0 Å². The molecule has 0 radical (unpaired) electrons. The molecule has 0 aromatic heterocycles. The fourth-order valence-electron chi connectivity index (χ4n) is 1.60. The summed E-state index contributed by atoms with van der Waals surface area (Å²) in [5.41, 5.74) is 7.21. The predicted molar refractivity (Wildman–Crippen MR) is 75.9 cm³/mol. The summed E-state index contributed by atoms with van der Waals surface area (Å²) in [6.07, 6.45) is 0.648. The maximum atomic E-state index is 11.9. The van der Waals surface area contributed by atoms with Crippen molar-refractivity contribution in [2.75, 3.05) is 10.5 Å². The van der Waals surface area contributed by atoms with Gasteiger partial charge in [0.15, 0.2) is 0 Å². The molecular weight excluding hydrogens is 248 g/mol. The van der Waals surface area contributed by atoms with Crippen LogP contribution in [0, 0.1) is 5.92 Å². The minimum atomic E-state index is -3.29. The highest BCUT2D eigenvalue weighted by atomic mass is 32.2. The highest BCUT2D eigenvalue weighted by Crippen LogP contribution is 2.22. The number of nitrogens with two attached hydrogens (primary N) is 1. The molecular formula is C13H22N2O2S. The third kappa shape index (κ3) is 4.66. The van der Waals surface area contributed by atoms with E-state index in [2.05, 4.69) is 4.72 Å². The maximum Gasteiger partial charge on any atom is 0.232 e. The molecule has 18 heavy (non-hydrogen) atoms. The molecule has 1 atom stereocenters. The summed E-state index contributed by atoms with van der Waals surface area (Å²) in [6.45, 7) is 5.85.